The van der Waals surface area contributed by atoms with Crippen LogP contribution in [0.2, 0.25) is 4.34 Å². The second-order valence-corrected chi connectivity index (χ2v) is 6.03. The van der Waals surface area contributed by atoms with Crippen molar-refractivity contribution in [2.45, 2.75) is 26.8 Å². The van der Waals surface area contributed by atoms with Gasteiger partial charge in [0.15, 0.2) is 5.78 Å². The predicted octanol–water partition coefficient (Wildman–Crippen LogP) is 2.96. The Bertz CT molecular complexity index is 340. The minimum atomic E-state index is -0.475. The summed E-state index contributed by atoms with van der Waals surface area (Å²) in [6.07, 6.45) is 0. The van der Waals surface area contributed by atoms with Crippen LogP contribution in [0.25, 0.3) is 0 Å². The van der Waals surface area contributed by atoms with E-state index >= 15 is 0 Å². The monoisotopic (exact) mass is 231 g/mol. The summed E-state index contributed by atoms with van der Waals surface area (Å²) in [6.45, 7) is 5.85. The highest BCUT2D eigenvalue weighted by Gasteiger charge is 2.28. The number of thiophene rings is 1. The van der Waals surface area contributed by atoms with E-state index in [1.165, 1.54) is 11.3 Å². The third-order valence-corrected chi connectivity index (χ3v) is 3.28. The molecule has 4 heteroatoms. The Kier molecular flexibility index (Phi) is 3.35. The summed E-state index contributed by atoms with van der Waals surface area (Å²) in [5, 5.41) is 0. The molecule has 0 aliphatic heterocycles. The van der Waals surface area contributed by atoms with Gasteiger partial charge >= 0.3 is 0 Å². The van der Waals surface area contributed by atoms with Crippen LogP contribution in [0.5, 0.6) is 0 Å². The van der Waals surface area contributed by atoms with E-state index in [0.717, 1.165) is 0 Å². The number of carbonyl (C=O) groups is 1. The molecule has 0 aromatic carbocycles. The molecule has 0 aliphatic carbocycles. The van der Waals surface area contributed by atoms with Gasteiger partial charge in [0, 0.05) is 0 Å². The van der Waals surface area contributed by atoms with Crippen LogP contribution >= 0.6 is 22.9 Å². The number of hydrogen-bond acceptors (Lipinski definition) is 3. The zero-order valence-electron chi connectivity index (χ0n) is 8.50. The number of carbonyl (C=O) groups excluding carboxylic acids is 1. The van der Waals surface area contributed by atoms with Gasteiger partial charge in [-0.25, -0.2) is 0 Å². The average Bonchev–Trinajstić information content (AvgIpc) is 2.47. The number of ketones is 1. The number of halogens is 1. The Morgan fingerprint density at radius 3 is 2.43 bits per heavy atom. The van der Waals surface area contributed by atoms with Crippen LogP contribution in [0, 0.1) is 5.41 Å². The predicted molar refractivity (Wildman–Crippen MR) is 61.1 cm³/mol. The lowest BCUT2D eigenvalue weighted by Crippen LogP contribution is -2.41. The molecule has 1 aromatic heterocycles. The molecule has 78 valence electrons. The van der Waals surface area contributed by atoms with Crippen molar-refractivity contribution in [2.24, 2.45) is 11.1 Å². The third kappa shape index (κ3) is 2.56. The average molecular weight is 232 g/mol. The molecular weight excluding hydrogens is 218 g/mol. The van der Waals surface area contributed by atoms with Crippen molar-refractivity contribution in [1.82, 2.24) is 0 Å². The van der Waals surface area contributed by atoms with Gasteiger partial charge < -0.3 is 5.73 Å². The van der Waals surface area contributed by atoms with Gasteiger partial charge in [0.25, 0.3) is 0 Å². The molecule has 0 radical (unpaired) electrons. The van der Waals surface area contributed by atoms with Gasteiger partial charge in [0.1, 0.15) is 0 Å². The first-order valence-corrected chi connectivity index (χ1v) is 5.57. The molecule has 1 unspecified atom stereocenters. The van der Waals surface area contributed by atoms with Crippen LogP contribution in [0.3, 0.4) is 0 Å². The fourth-order valence-electron chi connectivity index (χ4n) is 0.993. The highest BCUT2D eigenvalue weighted by Crippen LogP contribution is 2.26. The molecule has 0 saturated heterocycles. The summed E-state index contributed by atoms with van der Waals surface area (Å²) < 4.78 is 0.620. The zero-order chi connectivity index (χ0) is 10.9. The maximum absolute atomic E-state index is 11.8. The van der Waals surface area contributed by atoms with E-state index in [2.05, 4.69) is 0 Å². The van der Waals surface area contributed by atoms with Gasteiger partial charge in [-0.15, -0.1) is 11.3 Å². The number of hydrogen-bond donors (Lipinski definition) is 1. The van der Waals surface area contributed by atoms with Crippen LogP contribution in [0.15, 0.2) is 12.1 Å². The number of Topliss-reactive ketones (excluding diaryl/α,β-unsaturated/α-hetero) is 1. The second kappa shape index (κ2) is 4.01. The van der Waals surface area contributed by atoms with Gasteiger partial charge in [-0.3, -0.25) is 4.79 Å². The lowest BCUT2D eigenvalue weighted by atomic mass is 9.84. The first-order chi connectivity index (χ1) is 6.32. The molecule has 0 spiro atoms. The molecular formula is C10H14ClNOS. The van der Waals surface area contributed by atoms with Gasteiger partial charge in [-0.2, -0.15) is 0 Å². The van der Waals surface area contributed by atoms with E-state index in [-0.39, 0.29) is 11.2 Å². The third-order valence-electron chi connectivity index (χ3n) is 2.03. The first kappa shape index (κ1) is 11.7. The minimum absolute atomic E-state index is 0.0330. The van der Waals surface area contributed by atoms with Crippen molar-refractivity contribution in [2.75, 3.05) is 0 Å². The molecule has 0 bridgehead atoms. The zero-order valence-corrected chi connectivity index (χ0v) is 10.1. The van der Waals surface area contributed by atoms with E-state index in [1.807, 2.05) is 20.8 Å². The van der Waals surface area contributed by atoms with Crippen molar-refractivity contribution >= 4 is 28.7 Å². The van der Waals surface area contributed by atoms with Crippen LogP contribution in [-0.4, -0.2) is 11.8 Å². The van der Waals surface area contributed by atoms with Crippen molar-refractivity contribution in [3.8, 4) is 0 Å². The van der Waals surface area contributed by atoms with Crippen LogP contribution in [0.1, 0.15) is 30.4 Å². The summed E-state index contributed by atoms with van der Waals surface area (Å²) in [6, 6.07) is 2.97. The molecule has 2 N–H and O–H groups in total. The SMILES string of the molecule is CC(C)(C)C(N)C(=O)c1ccc(Cl)s1. The molecule has 14 heavy (non-hydrogen) atoms. The largest absolute Gasteiger partial charge is 0.321 e. The number of rotatable bonds is 2. The van der Waals surface area contributed by atoms with Crippen molar-refractivity contribution in [1.29, 1.82) is 0 Å². The lowest BCUT2D eigenvalue weighted by Gasteiger charge is -2.25. The van der Waals surface area contributed by atoms with E-state index in [9.17, 15) is 4.79 Å². The fraction of sp³-hybridized carbons (Fsp3) is 0.500. The topological polar surface area (TPSA) is 43.1 Å². The Morgan fingerprint density at radius 2 is 2.07 bits per heavy atom. The molecule has 1 aromatic rings. The summed E-state index contributed by atoms with van der Waals surface area (Å²) >= 11 is 7.03. The highest BCUT2D eigenvalue weighted by molar-refractivity contribution is 7.18. The molecule has 1 rings (SSSR count). The van der Waals surface area contributed by atoms with Gasteiger partial charge in [-0.05, 0) is 17.5 Å². The number of nitrogens with two attached hydrogens (primary N) is 1. The van der Waals surface area contributed by atoms with Crippen molar-refractivity contribution < 1.29 is 4.79 Å². The van der Waals surface area contributed by atoms with E-state index in [1.54, 1.807) is 12.1 Å². The van der Waals surface area contributed by atoms with Crippen LogP contribution < -0.4 is 5.73 Å². The Hall–Kier alpha value is -0.380. The van der Waals surface area contributed by atoms with Crippen molar-refractivity contribution in [3.63, 3.8) is 0 Å². The molecule has 1 atom stereocenters. The maximum Gasteiger partial charge on any atom is 0.189 e. The molecule has 0 amide bonds. The Balaban J connectivity index is 2.86. The smallest absolute Gasteiger partial charge is 0.189 e. The Labute approximate surface area is 93.1 Å². The lowest BCUT2D eigenvalue weighted by molar-refractivity contribution is 0.0905. The van der Waals surface area contributed by atoms with Gasteiger partial charge in [-0.1, -0.05) is 32.4 Å². The second-order valence-electron chi connectivity index (χ2n) is 4.31. The van der Waals surface area contributed by atoms with Crippen LogP contribution in [-0.2, 0) is 0 Å². The molecule has 1 heterocycles. The summed E-state index contributed by atoms with van der Waals surface area (Å²) in [5.74, 6) is -0.0330. The molecule has 0 fully saturated rings. The van der Waals surface area contributed by atoms with E-state index in [0.29, 0.717) is 9.21 Å². The summed E-state index contributed by atoms with van der Waals surface area (Å²) in [7, 11) is 0. The minimum Gasteiger partial charge on any atom is -0.321 e. The van der Waals surface area contributed by atoms with Crippen molar-refractivity contribution in [3.05, 3.63) is 21.3 Å². The molecule has 0 aliphatic rings. The molecule has 2 nitrogen and oxygen atoms in total. The first-order valence-electron chi connectivity index (χ1n) is 4.37. The highest BCUT2D eigenvalue weighted by atomic mass is 35.5. The normalized spacial score (nSPS) is 14.1. The maximum atomic E-state index is 11.8. The fourth-order valence-corrected chi connectivity index (χ4v) is 2.02. The summed E-state index contributed by atoms with van der Waals surface area (Å²) in [5.41, 5.74) is 5.63. The quantitative estimate of drug-likeness (QED) is 0.796. The standard InChI is InChI=1S/C10H14ClNOS/c1-10(2,3)9(12)8(13)6-4-5-7(11)14-6/h4-5,9H,12H2,1-3H3. The van der Waals surface area contributed by atoms with Crippen LogP contribution in [0.4, 0.5) is 0 Å². The molecule has 0 saturated carbocycles. The summed E-state index contributed by atoms with van der Waals surface area (Å²) in [4.78, 5) is 12.5. The van der Waals surface area contributed by atoms with Gasteiger partial charge in [0.2, 0.25) is 0 Å². The van der Waals surface area contributed by atoms with E-state index in [4.69, 9.17) is 17.3 Å². The van der Waals surface area contributed by atoms with E-state index < -0.39 is 6.04 Å². The van der Waals surface area contributed by atoms with Gasteiger partial charge in [0.05, 0.1) is 15.3 Å². The Morgan fingerprint density at radius 1 is 1.50 bits per heavy atom.